The molecule has 2 aliphatic rings. The van der Waals surface area contributed by atoms with E-state index in [1.165, 1.54) is 6.20 Å². The molecule has 1 unspecified atom stereocenters. The molecule has 2 aliphatic heterocycles. The lowest BCUT2D eigenvalue weighted by Gasteiger charge is -2.39. The van der Waals surface area contributed by atoms with Gasteiger partial charge in [-0.2, -0.15) is 0 Å². The van der Waals surface area contributed by atoms with E-state index in [-0.39, 0.29) is 11.1 Å². The lowest BCUT2D eigenvalue weighted by atomic mass is 10.0. The van der Waals surface area contributed by atoms with Gasteiger partial charge in [-0.1, -0.05) is 24.5 Å². The zero-order chi connectivity index (χ0) is 20.6. The lowest BCUT2D eigenvalue weighted by molar-refractivity contribution is 0.0841. The number of hydrogen-bond acceptors (Lipinski definition) is 4. The van der Waals surface area contributed by atoms with Gasteiger partial charge in [0.1, 0.15) is 5.82 Å². The fourth-order valence-electron chi connectivity index (χ4n) is 4.29. The van der Waals surface area contributed by atoms with Gasteiger partial charge < -0.3 is 5.73 Å². The fourth-order valence-corrected chi connectivity index (χ4v) is 4.29. The molecule has 4 rings (SSSR count). The van der Waals surface area contributed by atoms with Crippen molar-refractivity contribution in [2.24, 2.45) is 5.73 Å². The summed E-state index contributed by atoms with van der Waals surface area (Å²) >= 11 is 0. The van der Waals surface area contributed by atoms with E-state index < -0.39 is 0 Å². The van der Waals surface area contributed by atoms with Crippen LogP contribution in [0, 0.1) is 11.8 Å². The highest BCUT2D eigenvalue weighted by Crippen LogP contribution is 2.37. The summed E-state index contributed by atoms with van der Waals surface area (Å²) in [6.45, 7) is 9.91. The summed E-state index contributed by atoms with van der Waals surface area (Å²) < 4.78 is 1.87. The van der Waals surface area contributed by atoms with Gasteiger partial charge in [0, 0.05) is 29.3 Å². The predicted octanol–water partition coefficient (Wildman–Crippen LogP) is 3.09. The highest BCUT2D eigenvalue weighted by atomic mass is 16.1. The van der Waals surface area contributed by atoms with Gasteiger partial charge in [-0.3, -0.25) is 14.3 Å². The molecule has 1 saturated heterocycles. The molecule has 1 aromatic heterocycles. The Hall–Kier alpha value is -3.10. The highest BCUT2D eigenvalue weighted by molar-refractivity contribution is 5.79. The molecule has 0 radical (unpaired) electrons. The Balaban J connectivity index is 1.68. The van der Waals surface area contributed by atoms with E-state index in [0.717, 1.165) is 37.3 Å². The van der Waals surface area contributed by atoms with Gasteiger partial charge in [-0.05, 0) is 63.2 Å². The number of nitrogens with zero attached hydrogens (tertiary/aromatic N) is 3. The molecule has 29 heavy (non-hydrogen) atoms. The average molecular weight is 386 g/mol. The molecule has 1 aromatic carbocycles. The van der Waals surface area contributed by atoms with Crippen LogP contribution in [0.3, 0.4) is 0 Å². The minimum absolute atomic E-state index is 0.0507. The van der Waals surface area contributed by atoms with Crippen molar-refractivity contribution >= 4 is 10.9 Å². The Morgan fingerprint density at radius 3 is 3.00 bits per heavy atom. The Bertz CT molecular complexity index is 1160. The maximum Gasteiger partial charge on any atom is 0.261 e. The molecule has 3 heterocycles. The standard InChI is InChI=1S/C24H26N4O/c1-17(6-4-5-13-25)7-8-18-9-10-20-21(14-18)26-22-16-28-19(11-12-24(28,2)3)15-27(22)23(20)29/h4-6,9-10,13-14,19H,1,11-12,15-16,25H2,2-3H3/b6-4-,13-5-. The van der Waals surface area contributed by atoms with E-state index in [4.69, 9.17) is 10.7 Å². The van der Waals surface area contributed by atoms with E-state index in [2.05, 4.69) is 37.2 Å². The van der Waals surface area contributed by atoms with Crippen LogP contribution in [-0.4, -0.2) is 26.0 Å². The Kier molecular flexibility index (Phi) is 4.89. The number of aromatic nitrogens is 2. The fraction of sp³-hybridized carbons (Fsp3) is 0.333. The van der Waals surface area contributed by atoms with Crippen molar-refractivity contribution in [3.8, 4) is 11.8 Å². The van der Waals surface area contributed by atoms with Crippen molar-refractivity contribution in [1.82, 2.24) is 14.5 Å². The number of allylic oxidation sites excluding steroid dienone is 4. The van der Waals surface area contributed by atoms with Gasteiger partial charge in [0.2, 0.25) is 0 Å². The number of nitrogens with two attached hydrogens (primary N) is 1. The zero-order valence-electron chi connectivity index (χ0n) is 17.0. The maximum absolute atomic E-state index is 13.1. The molecule has 1 fully saturated rings. The monoisotopic (exact) mass is 386 g/mol. The molecular formula is C24H26N4O. The van der Waals surface area contributed by atoms with Crippen LogP contribution in [-0.2, 0) is 13.1 Å². The molecule has 0 aliphatic carbocycles. The number of fused-ring (bicyclic) bond motifs is 3. The first kappa shape index (κ1) is 19.2. The van der Waals surface area contributed by atoms with Crippen LogP contribution in [0.2, 0.25) is 0 Å². The van der Waals surface area contributed by atoms with Gasteiger partial charge in [-0.15, -0.1) is 0 Å². The van der Waals surface area contributed by atoms with Crippen LogP contribution in [0.15, 0.2) is 59.6 Å². The van der Waals surface area contributed by atoms with Gasteiger partial charge in [-0.25, -0.2) is 4.98 Å². The zero-order valence-corrected chi connectivity index (χ0v) is 17.0. The van der Waals surface area contributed by atoms with Crippen molar-refractivity contribution in [3.05, 3.63) is 76.5 Å². The highest BCUT2D eigenvalue weighted by Gasteiger charge is 2.42. The normalized spacial score (nSPS) is 20.6. The maximum atomic E-state index is 13.1. The number of rotatable bonds is 2. The first-order chi connectivity index (χ1) is 13.9. The molecule has 0 spiro atoms. The van der Waals surface area contributed by atoms with Crippen molar-refractivity contribution in [1.29, 1.82) is 0 Å². The van der Waals surface area contributed by atoms with Crippen molar-refractivity contribution in [2.75, 3.05) is 0 Å². The van der Waals surface area contributed by atoms with E-state index in [1.807, 2.05) is 22.8 Å². The van der Waals surface area contributed by atoms with Crippen LogP contribution in [0.4, 0.5) is 0 Å². The number of benzene rings is 1. The lowest BCUT2D eigenvalue weighted by Crippen LogP contribution is -2.50. The van der Waals surface area contributed by atoms with Gasteiger partial charge in [0.05, 0.1) is 17.4 Å². The quantitative estimate of drug-likeness (QED) is 0.636. The second kappa shape index (κ2) is 7.38. The van der Waals surface area contributed by atoms with E-state index in [0.29, 0.717) is 22.5 Å². The van der Waals surface area contributed by atoms with Gasteiger partial charge in [0.25, 0.3) is 5.56 Å². The minimum atomic E-state index is 0.0507. The molecule has 0 amide bonds. The van der Waals surface area contributed by atoms with E-state index >= 15 is 0 Å². The number of hydrogen-bond donors (Lipinski definition) is 1. The van der Waals surface area contributed by atoms with Crippen LogP contribution in [0.1, 0.15) is 38.1 Å². The summed E-state index contributed by atoms with van der Waals surface area (Å²) in [7, 11) is 0. The smallest absolute Gasteiger partial charge is 0.261 e. The molecule has 1 atom stereocenters. The first-order valence-corrected chi connectivity index (χ1v) is 9.95. The van der Waals surface area contributed by atoms with Crippen molar-refractivity contribution in [3.63, 3.8) is 0 Å². The van der Waals surface area contributed by atoms with Gasteiger partial charge in [0.15, 0.2) is 0 Å². The third-order valence-electron chi connectivity index (χ3n) is 5.93. The van der Waals surface area contributed by atoms with Gasteiger partial charge >= 0.3 is 0 Å². The third kappa shape index (κ3) is 3.64. The Labute approximate surface area is 171 Å². The summed E-state index contributed by atoms with van der Waals surface area (Å²) in [5.74, 6) is 6.96. The third-order valence-corrected chi connectivity index (χ3v) is 5.93. The van der Waals surface area contributed by atoms with Crippen LogP contribution in [0.5, 0.6) is 0 Å². The average Bonchev–Trinajstić information content (AvgIpc) is 2.99. The molecule has 0 bridgehead atoms. The summed E-state index contributed by atoms with van der Waals surface area (Å²) in [5.41, 5.74) is 7.71. The first-order valence-electron chi connectivity index (χ1n) is 9.95. The van der Waals surface area contributed by atoms with E-state index in [1.54, 1.807) is 18.2 Å². The molecular weight excluding hydrogens is 360 g/mol. The van der Waals surface area contributed by atoms with Crippen LogP contribution < -0.4 is 11.3 Å². The molecule has 0 saturated carbocycles. The molecule has 5 nitrogen and oxygen atoms in total. The van der Waals surface area contributed by atoms with Crippen molar-refractivity contribution < 1.29 is 0 Å². The second-order valence-corrected chi connectivity index (χ2v) is 8.33. The minimum Gasteiger partial charge on any atom is -0.405 e. The SMILES string of the molecule is C=C(C#Cc1ccc2c(=O)n3c(nc2c1)CN1C(CCC1(C)C)C3)/C=C\C=C/N. The van der Waals surface area contributed by atoms with Crippen molar-refractivity contribution in [2.45, 2.75) is 51.4 Å². The largest absolute Gasteiger partial charge is 0.405 e. The Morgan fingerprint density at radius 1 is 1.38 bits per heavy atom. The Morgan fingerprint density at radius 2 is 2.21 bits per heavy atom. The summed E-state index contributed by atoms with van der Waals surface area (Å²) in [4.78, 5) is 20.4. The molecule has 5 heteroatoms. The second-order valence-electron chi connectivity index (χ2n) is 8.33. The molecule has 2 aromatic rings. The molecule has 2 N–H and O–H groups in total. The van der Waals surface area contributed by atoms with Crippen LogP contribution in [0.25, 0.3) is 10.9 Å². The predicted molar refractivity (Wildman–Crippen MR) is 117 cm³/mol. The topological polar surface area (TPSA) is 64.2 Å². The summed E-state index contributed by atoms with van der Waals surface area (Å²) in [6.07, 6.45) is 9.04. The van der Waals surface area contributed by atoms with Crippen LogP contribution >= 0.6 is 0 Å². The van der Waals surface area contributed by atoms with E-state index in [9.17, 15) is 4.79 Å². The summed E-state index contributed by atoms with van der Waals surface area (Å²) in [5, 5.41) is 0.650. The molecule has 148 valence electrons. The summed E-state index contributed by atoms with van der Waals surface area (Å²) in [6, 6.07) is 6.02.